The number of nitrogens with two attached hydrogens (primary N) is 1. The van der Waals surface area contributed by atoms with Gasteiger partial charge in [-0.1, -0.05) is 51.1 Å². The molecule has 0 radical (unpaired) electrons. The maximum absolute atomic E-state index is 13.3. The number of carbonyl (C=O) groups excluding carboxylic acids is 1. The molecule has 4 saturated carbocycles. The van der Waals surface area contributed by atoms with Crippen molar-refractivity contribution in [3.63, 3.8) is 0 Å². The lowest BCUT2D eigenvalue weighted by Crippen LogP contribution is -2.87. The van der Waals surface area contributed by atoms with Gasteiger partial charge >= 0.3 is 5.97 Å². The van der Waals surface area contributed by atoms with E-state index in [1.165, 1.54) is 50.5 Å². The summed E-state index contributed by atoms with van der Waals surface area (Å²) in [6.45, 7) is 9.69. The summed E-state index contributed by atoms with van der Waals surface area (Å²) in [4.78, 5) is 13.3. The molecule has 0 bridgehead atoms. The summed E-state index contributed by atoms with van der Waals surface area (Å²) in [6, 6.07) is 10.5. The van der Waals surface area contributed by atoms with E-state index in [0.29, 0.717) is 23.2 Å². The minimum absolute atomic E-state index is 0.00162. The third-order valence-corrected chi connectivity index (χ3v) is 13.3. The first-order chi connectivity index (χ1) is 18.8. The van der Waals surface area contributed by atoms with Crippen LogP contribution in [-0.4, -0.2) is 30.3 Å². The van der Waals surface area contributed by atoms with Crippen LogP contribution < -0.4 is 5.32 Å². The van der Waals surface area contributed by atoms with E-state index in [0.717, 1.165) is 74.8 Å². The molecule has 4 nitrogen and oxygen atoms in total. The Balaban J connectivity index is 1.09. The number of hydrogen-bond donors (Lipinski definition) is 2. The number of fused-ring (bicyclic) bond motifs is 5. The predicted octanol–water partition coefficient (Wildman–Crippen LogP) is 6.22. The first-order valence-corrected chi connectivity index (χ1v) is 16.5. The van der Waals surface area contributed by atoms with E-state index < -0.39 is 5.60 Å². The molecular formula is C35H54NO3+. The van der Waals surface area contributed by atoms with Crippen LogP contribution in [0.15, 0.2) is 30.3 Å². The molecule has 1 aliphatic heterocycles. The van der Waals surface area contributed by atoms with E-state index in [-0.39, 0.29) is 12.1 Å². The van der Waals surface area contributed by atoms with Crippen LogP contribution in [0.2, 0.25) is 0 Å². The summed E-state index contributed by atoms with van der Waals surface area (Å²) in [7, 11) is 0. The van der Waals surface area contributed by atoms with E-state index in [9.17, 15) is 9.90 Å². The molecule has 0 spiro atoms. The highest BCUT2D eigenvalue weighted by molar-refractivity contribution is 5.70. The Bertz CT molecular complexity index is 1000. The number of carbonyl (C=O) groups is 1. The van der Waals surface area contributed by atoms with Gasteiger partial charge in [0.2, 0.25) is 0 Å². The second kappa shape index (κ2) is 10.8. The second-order valence-corrected chi connectivity index (χ2v) is 15.0. The van der Waals surface area contributed by atoms with Gasteiger partial charge in [0.1, 0.15) is 5.60 Å². The topological polar surface area (TPSA) is 63.1 Å². The van der Waals surface area contributed by atoms with Crippen molar-refractivity contribution in [2.45, 2.75) is 116 Å². The van der Waals surface area contributed by atoms with Crippen molar-refractivity contribution >= 4 is 5.97 Å². The van der Waals surface area contributed by atoms with Crippen LogP contribution >= 0.6 is 0 Å². The number of ether oxygens (including phenoxy) is 1. The van der Waals surface area contributed by atoms with Gasteiger partial charge in [-0.15, -0.1) is 0 Å². The molecule has 39 heavy (non-hydrogen) atoms. The first kappa shape index (κ1) is 27.8. The summed E-state index contributed by atoms with van der Waals surface area (Å²) in [6.07, 6.45) is 14.7. The number of aliphatic hydroxyl groups is 1. The van der Waals surface area contributed by atoms with Gasteiger partial charge in [-0.05, 0) is 116 Å². The molecule has 6 rings (SSSR count). The van der Waals surface area contributed by atoms with Gasteiger partial charge in [-0.25, -0.2) is 0 Å². The highest BCUT2D eigenvalue weighted by Gasteiger charge is 2.60. The lowest BCUT2D eigenvalue weighted by molar-refractivity contribution is -0.668. The van der Waals surface area contributed by atoms with E-state index in [2.05, 4.69) is 50.4 Å². The average molecular weight is 537 g/mol. The molecule has 1 heterocycles. The van der Waals surface area contributed by atoms with Gasteiger partial charge in [-0.3, -0.25) is 4.79 Å². The zero-order valence-corrected chi connectivity index (χ0v) is 24.9. The molecule has 216 valence electrons. The van der Waals surface area contributed by atoms with Crippen molar-refractivity contribution < 1.29 is 20.0 Å². The Labute approximate surface area is 237 Å². The van der Waals surface area contributed by atoms with Crippen molar-refractivity contribution in [2.24, 2.45) is 46.3 Å². The molecule has 4 heteroatoms. The molecule has 1 aromatic carbocycles. The van der Waals surface area contributed by atoms with Crippen molar-refractivity contribution in [3.8, 4) is 0 Å². The summed E-state index contributed by atoms with van der Waals surface area (Å²) < 4.78 is 6.37. The van der Waals surface area contributed by atoms with Crippen molar-refractivity contribution in [1.82, 2.24) is 0 Å². The quantitative estimate of drug-likeness (QED) is 0.425. The standard InChI is InChI=1S/C35H53NO3/c1-24(9-14-32(38)39-35(19-21-36-22-20-35)25-7-5-4-6-8-25)29-12-13-30-28-11-10-26-23-27(37)15-17-33(26,2)31(28)16-18-34(29,30)3/h4-8,24,26-31,36-37H,9-23H2,1-3H3/p+1/t24-,26-,27?,28+,29-,30+,31+,33+,34-/m1/s1. The van der Waals surface area contributed by atoms with Gasteiger partial charge in [-0.2, -0.15) is 0 Å². The van der Waals surface area contributed by atoms with Gasteiger partial charge in [0.25, 0.3) is 0 Å². The van der Waals surface area contributed by atoms with E-state index in [1.54, 1.807) is 0 Å². The van der Waals surface area contributed by atoms with Crippen molar-refractivity contribution in [2.75, 3.05) is 13.1 Å². The number of hydrogen-bond acceptors (Lipinski definition) is 3. The Morgan fingerprint density at radius 1 is 0.949 bits per heavy atom. The van der Waals surface area contributed by atoms with E-state index >= 15 is 0 Å². The van der Waals surface area contributed by atoms with Crippen LogP contribution in [0.4, 0.5) is 0 Å². The number of esters is 1. The highest BCUT2D eigenvalue weighted by atomic mass is 16.6. The third-order valence-electron chi connectivity index (χ3n) is 13.3. The molecular weight excluding hydrogens is 482 g/mol. The molecule has 5 aliphatic rings. The van der Waals surface area contributed by atoms with Crippen molar-refractivity contribution in [1.29, 1.82) is 0 Å². The summed E-state index contributed by atoms with van der Waals surface area (Å²) in [5, 5.41) is 12.7. The van der Waals surface area contributed by atoms with Crippen LogP contribution in [-0.2, 0) is 15.1 Å². The highest BCUT2D eigenvalue weighted by Crippen LogP contribution is 2.68. The zero-order chi connectivity index (χ0) is 27.3. The second-order valence-electron chi connectivity index (χ2n) is 15.0. The van der Waals surface area contributed by atoms with E-state index in [1.807, 2.05) is 6.07 Å². The molecule has 5 fully saturated rings. The third kappa shape index (κ3) is 4.90. The summed E-state index contributed by atoms with van der Waals surface area (Å²) in [5.74, 6) is 4.59. The van der Waals surface area contributed by atoms with Crippen LogP contribution in [0, 0.1) is 46.3 Å². The smallest absolute Gasteiger partial charge is 0.306 e. The van der Waals surface area contributed by atoms with Gasteiger partial charge < -0.3 is 15.2 Å². The molecule has 3 N–H and O–H groups in total. The maximum Gasteiger partial charge on any atom is 0.306 e. The lowest BCUT2D eigenvalue weighted by atomic mass is 9.44. The Hall–Kier alpha value is -1.39. The predicted molar refractivity (Wildman–Crippen MR) is 155 cm³/mol. The Kier molecular flexibility index (Phi) is 7.68. The fraction of sp³-hybridized carbons (Fsp3) is 0.800. The molecule has 9 atom stereocenters. The molecule has 4 aliphatic carbocycles. The molecule has 0 aromatic heterocycles. The van der Waals surface area contributed by atoms with Gasteiger partial charge in [0.15, 0.2) is 0 Å². The monoisotopic (exact) mass is 536 g/mol. The SMILES string of the molecule is C[C@H](CCC(=O)OC1(c2ccccc2)CC[NH2+]CC1)[C@H]1CC[C@H]2[C@@H]3CC[C@@H]4CC(O)CC[C@]4(C)[C@H]3CC[C@]12C. The zero-order valence-electron chi connectivity index (χ0n) is 24.9. The number of aliphatic hydroxyl groups excluding tert-OH is 1. The maximum atomic E-state index is 13.3. The van der Waals surface area contributed by atoms with Crippen LogP contribution in [0.1, 0.15) is 110 Å². The number of quaternary nitrogens is 1. The fourth-order valence-corrected chi connectivity index (χ4v) is 11.2. The molecule has 1 saturated heterocycles. The summed E-state index contributed by atoms with van der Waals surface area (Å²) in [5.41, 5.74) is 1.59. The Morgan fingerprint density at radius 3 is 2.44 bits per heavy atom. The average Bonchev–Trinajstić information content (AvgIpc) is 3.30. The van der Waals surface area contributed by atoms with Gasteiger partial charge in [0, 0.05) is 19.3 Å². The minimum atomic E-state index is -0.441. The molecule has 1 unspecified atom stereocenters. The van der Waals surface area contributed by atoms with Crippen LogP contribution in [0.3, 0.4) is 0 Å². The van der Waals surface area contributed by atoms with Crippen molar-refractivity contribution in [3.05, 3.63) is 35.9 Å². The Morgan fingerprint density at radius 2 is 1.67 bits per heavy atom. The fourth-order valence-electron chi connectivity index (χ4n) is 11.2. The number of rotatable bonds is 6. The van der Waals surface area contributed by atoms with Gasteiger partial charge in [0.05, 0.1) is 19.2 Å². The minimum Gasteiger partial charge on any atom is -0.454 e. The van der Waals surface area contributed by atoms with E-state index in [4.69, 9.17) is 4.74 Å². The number of benzene rings is 1. The summed E-state index contributed by atoms with van der Waals surface area (Å²) >= 11 is 0. The normalized spacial score (nSPS) is 42.1. The number of piperidine rings is 1. The first-order valence-electron chi connectivity index (χ1n) is 16.5. The van der Waals surface area contributed by atoms with Crippen LogP contribution in [0.5, 0.6) is 0 Å². The lowest BCUT2D eigenvalue weighted by Gasteiger charge is -2.61. The molecule has 1 aromatic rings. The van der Waals surface area contributed by atoms with Crippen LogP contribution in [0.25, 0.3) is 0 Å². The molecule has 0 amide bonds. The largest absolute Gasteiger partial charge is 0.454 e.